The number of nitrogens with zero attached hydrogens (tertiary/aromatic N) is 1. The zero-order chi connectivity index (χ0) is 17.1. The van der Waals surface area contributed by atoms with Gasteiger partial charge in [-0.15, -0.1) is 0 Å². The molecule has 0 aromatic carbocycles. The molecule has 0 radical (unpaired) electrons. The van der Waals surface area contributed by atoms with E-state index in [4.69, 9.17) is 0 Å². The summed E-state index contributed by atoms with van der Waals surface area (Å²) in [5.74, 6) is -0.379. The second-order valence-electron chi connectivity index (χ2n) is 5.38. The number of aryl methyl sites for hydroxylation is 1. The molecule has 1 aromatic rings. The lowest BCUT2D eigenvalue weighted by Crippen LogP contribution is -2.31. The van der Waals surface area contributed by atoms with Crippen molar-refractivity contribution in [2.45, 2.75) is 27.2 Å². The number of sulfonamides is 1. The highest BCUT2D eigenvalue weighted by Gasteiger charge is 2.19. The molecule has 0 aliphatic carbocycles. The standard InChI is InChI=1S/C14H23N3O4S/c1-9-12(11(3)18)10(2)16-13(9)14(19)15-7-6-8-17(4)22(5,20)21/h16H,6-8H2,1-5H3,(H,15,19). The number of hydrogen-bond acceptors (Lipinski definition) is 4. The van der Waals surface area contributed by atoms with Gasteiger partial charge < -0.3 is 10.3 Å². The zero-order valence-electron chi connectivity index (χ0n) is 13.6. The number of aromatic nitrogens is 1. The number of nitrogens with one attached hydrogen (secondary N) is 2. The zero-order valence-corrected chi connectivity index (χ0v) is 14.4. The van der Waals surface area contributed by atoms with Crippen LogP contribution in [0.5, 0.6) is 0 Å². The molecule has 0 saturated heterocycles. The van der Waals surface area contributed by atoms with Gasteiger partial charge in [-0.05, 0) is 32.8 Å². The second kappa shape index (κ2) is 7.06. The maximum atomic E-state index is 12.1. The van der Waals surface area contributed by atoms with Gasteiger partial charge in [0.2, 0.25) is 10.0 Å². The van der Waals surface area contributed by atoms with Gasteiger partial charge in [0.1, 0.15) is 5.69 Å². The Kier molecular flexibility index (Phi) is 5.90. The van der Waals surface area contributed by atoms with Crippen molar-refractivity contribution in [2.24, 2.45) is 0 Å². The van der Waals surface area contributed by atoms with Crippen LogP contribution in [0, 0.1) is 13.8 Å². The molecule has 0 atom stereocenters. The molecule has 2 N–H and O–H groups in total. The number of carbonyl (C=O) groups is 2. The van der Waals surface area contributed by atoms with Gasteiger partial charge in [-0.25, -0.2) is 12.7 Å². The first-order valence-electron chi connectivity index (χ1n) is 6.95. The number of carbonyl (C=O) groups excluding carboxylic acids is 2. The van der Waals surface area contributed by atoms with Gasteiger partial charge in [0.15, 0.2) is 5.78 Å². The number of hydrogen-bond donors (Lipinski definition) is 2. The highest BCUT2D eigenvalue weighted by Crippen LogP contribution is 2.18. The summed E-state index contributed by atoms with van der Waals surface area (Å²) in [6.45, 7) is 5.63. The Balaban J connectivity index is 2.61. The van der Waals surface area contributed by atoms with E-state index in [0.717, 1.165) is 6.26 Å². The highest BCUT2D eigenvalue weighted by molar-refractivity contribution is 7.88. The minimum absolute atomic E-state index is 0.0833. The maximum absolute atomic E-state index is 12.1. The van der Waals surface area contributed by atoms with Crippen LogP contribution in [0.25, 0.3) is 0 Å². The van der Waals surface area contributed by atoms with Crippen molar-refractivity contribution in [1.29, 1.82) is 0 Å². The van der Waals surface area contributed by atoms with Crippen molar-refractivity contribution in [3.63, 3.8) is 0 Å². The van der Waals surface area contributed by atoms with Crippen LogP contribution < -0.4 is 5.32 Å². The SMILES string of the molecule is CC(=O)c1c(C)[nH]c(C(=O)NCCCN(C)S(C)(=O)=O)c1C. The van der Waals surface area contributed by atoms with Crippen molar-refractivity contribution in [3.05, 3.63) is 22.5 Å². The van der Waals surface area contributed by atoms with Crippen molar-refractivity contribution in [3.8, 4) is 0 Å². The lowest BCUT2D eigenvalue weighted by atomic mass is 10.1. The molecule has 1 heterocycles. The summed E-state index contributed by atoms with van der Waals surface area (Å²) in [4.78, 5) is 26.6. The molecule has 7 nitrogen and oxygen atoms in total. The highest BCUT2D eigenvalue weighted by atomic mass is 32.2. The average molecular weight is 329 g/mol. The minimum atomic E-state index is -3.20. The minimum Gasteiger partial charge on any atom is -0.354 e. The van der Waals surface area contributed by atoms with Crippen LogP contribution in [-0.4, -0.2) is 55.8 Å². The Bertz CT molecular complexity index is 677. The average Bonchev–Trinajstić information content (AvgIpc) is 2.68. The molecule has 1 amide bonds. The number of amides is 1. The van der Waals surface area contributed by atoms with Crippen molar-refractivity contribution in [1.82, 2.24) is 14.6 Å². The Hall–Kier alpha value is -1.67. The maximum Gasteiger partial charge on any atom is 0.268 e. The van der Waals surface area contributed by atoms with Crippen molar-refractivity contribution < 1.29 is 18.0 Å². The number of aromatic amines is 1. The number of rotatable bonds is 7. The molecule has 1 rings (SSSR count). The monoisotopic (exact) mass is 329 g/mol. The molecule has 0 unspecified atom stereocenters. The van der Waals surface area contributed by atoms with Gasteiger partial charge >= 0.3 is 0 Å². The fraction of sp³-hybridized carbons (Fsp3) is 0.571. The molecule has 8 heteroatoms. The van der Waals surface area contributed by atoms with E-state index < -0.39 is 10.0 Å². The molecule has 124 valence electrons. The van der Waals surface area contributed by atoms with E-state index in [1.54, 1.807) is 13.8 Å². The van der Waals surface area contributed by atoms with Gasteiger partial charge in [-0.2, -0.15) is 0 Å². The summed E-state index contributed by atoms with van der Waals surface area (Å²) in [6.07, 6.45) is 1.65. The van der Waals surface area contributed by atoms with Crippen LogP contribution in [-0.2, 0) is 10.0 Å². The molecule has 1 aromatic heterocycles. The van der Waals surface area contributed by atoms with E-state index in [-0.39, 0.29) is 11.7 Å². The van der Waals surface area contributed by atoms with Crippen LogP contribution in [0.15, 0.2) is 0 Å². The first-order chi connectivity index (χ1) is 10.1. The third-order valence-corrected chi connectivity index (χ3v) is 4.83. The molecule has 0 saturated carbocycles. The van der Waals surface area contributed by atoms with Crippen LogP contribution >= 0.6 is 0 Å². The molecule has 0 fully saturated rings. The van der Waals surface area contributed by atoms with Crippen LogP contribution in [0.2, 0.25) is 0 Å². The van der Waals surface area contributed by atoms with E-state index >= 15 is 0 Å². The van der Waals surface area contributed by atoms with E-state index in [0.29, 0.717) is 42.0 Å². The van der Waals surface area contributed by atoms with E-state index in [1.807, 2.05) is 0 Å². The first kappa shape index (κ1) is 18.4. The van der Waals surface area contributed by atoms with Gasteiger partial charge in [-0.1, -0.05) is 0 Å². The predicted molar refractivity (Wildman–Crippen MR) is 84.7 cm³/mol. The smallest absolute Gasteiger partial charge is 0.268 e. The molecule has 0 bridgehead atoms. The Morgan fingerprint density at radius 3 is 2.32 bits per heavy atom. The van der Waals surface area contributed by atoms with Gasteiger partial charge in [0.25, 0.3) is 5.91 Å². The normalized spacial score (nSPS) is 11.7. The summed E-state index contributed by atoms with van der Waals surface area (Å²) in [5.41, 5.74) is 2.23. The molecular weight excluding hydrogens is 306 g/mol. The lowest BCUT2D eigenvalue weighted by Gasteiger charge is -2.13. The van der Waals surface area contributed by atoms with Crippen LogP contribution in [0.4, 0.5) is 0 Å². The summed E-state index contributed by atoms with van der Waals surface area (Å²) in [7, 11) is -1.70. The molecule has 22 heavy (non-hydrogen) atoms. The van der Waals surface area contributed by atoms with Gasteiger partial charge in [0, 0.05) is 31.4 Å². The molecular formula is C14H23N3O4S. The lowest BCUT2D eigenvalue weighted by molar-refractivity contribution is 0.0947. The summed E-state index contributed by atoms with van der Waals surface area (Å²) in [6, 6.07) is 0. The fourth-order valence-electron chi connectivity index (χ4n) is 2.26. The third-order valence-electron chi connectivity index (χ3n) is 3.52. The number of ketones is 1. The van der Waals surface area contributed by atoms with E-state index in [9.17, 15) is 18.0 Å². The van der Waals surface area contributed by atoms with Crippen molar-refractivity contribution in [2.75, 3.05) is 26.4 Å². The summed E-state index contributed by atoms with van der Waals surface area (Å²) >= 11 is 0. The van der Waals surface area contributed by atoms with Crippen LogP contribution in [0.1, 0.15) is 45.4 Å². The predicted octanol–water partition coefficient (Wildman–Crippen LogP) is 0.845. The van der Waals surface area contributed by atoms with E-state index in [1.165, 1.54) is 18.3 Å². The van der Waals surface area contributed by atoms with E-state index in [2.05, 4.69) is 10.3 Å². The summed E-state index contributed by atoms with van der Waals surface area (Å²) in [5, 5.41) is 2.72. The number of Topliss-reactive ketones (excluding diaryl/α,β-unsaturated/α-hetero) is 1. The van der Waals surface area contributed by atoms with Gasteiger partial charge in [0.05, 0.1) is 6.26 Å². The Morgan fingerprint density at radius 1 is 1.27 bits per heavy atom. The fourth-order valence-corrected chi connectivity index (χ4v) is 2.72. The van der Waals surface area contributed by atoms with Crippen LogP contribution in [0.3, 0.4) is 0 Å². The molecule has 0 aliphatic rings. The largest absolute Gasteiger partial charge is 0.354 e. The van der Waals surface area contributed by atoms with Crippen molar-refractivity contribution >= 4 is 21.7 Å². The van der Waals surface area contributed by atoms with Gasteiger partial charge in [-0.3, -0.25) is 9.59 Å². The topological polar surface area (TPSA) is 99.3 Å². The number of H-pyrrole nitrogens is 1. The Morgan fingerprint density at radius 2 is 1.86 bits per heavy atom. The Labute approximate surface area is 131 Å². The third kappa shape index (κ3) is 4.41. The molecule has 0 aliphatic heterocycles. The molecule has 0 spiro atoms. The second-order valence-corrected chi connectivity index (χ2v) is 7.46. The quantitative estimate of drug-likeness (QED) is 0.572. The first-order valence-corrected chi connectivity index (χ1v) is 8.80. The summed E-state index contributed by atoms with van der Waals surface area (Å²) < 4.78 is 23.7.